The Morgan fingerprint density at radius 1 is 1.27 bits per heavy atom. The molecular weight excluding hydrogens is 345 g/mol. The normalized spacial score (nSPS) is 16.7. The third-order valence-corrected chi connectivity index (χ3v) is 4.52. The van der Waals surface area contributed by atoms with Gasteiger partial charge in [-0.2, -0.15) is 18.3 Å². The summed E-state index contributed by atoms with van der Waals surface area (Å²) < 4.78 is 41.3. The van der Waals surface area contributed by atoms with E-state index in [2.05, 4.69) is 15.3 Å². The number of aromatic nitrogens is 2. The summed E-state index contributed by atoms with van der Waals surface area (Å²) in [5, 5.41) is 6.95. The summed E-state index contributed by atoms with van der Waals surface area (Å²) in [4.78, 5) is 14.6. The minimum absolute atomic E-state index is 0.0360. The van der Waals surface area contributed by atoms with E-state index >= 15 is 0 Å². The molecule has 1 aliphatic rings. The van der Waals surface area contributed by atoms with Crippen molar-refractivity contribution in [3.63, 3.8) is 0 Å². The first-order valence-corrected chi connectivity index (χ1v) is 8.48. The van der Waals surface area contributed by atoms with Gasteiger partial charge in [0.2, 0.25) is 0 Å². The van der Waals surface area contributed by atoms with Crippen molar-refractivity contribution in [1.82, 2.24) is 20.0 Å². The molecule has 0 radical (unpaired) electrons. The van der Waals surface area contributed by atoms with Gasteiger partial charge in [0, 0.05) is 19.6 Å². The maximum atomic E-state index is 13.2. The lowest BCUT2D eigenvalue weighted by Crippen LogP contribution is -2.28. The standard InChI is InChI=1S/C18H21F3N4O/c1-12(14-6-3-4-7-15(14)18(19,20)21)22-17(26)16-10-13-11-24(2)8-5-9-25(13)23-16/h3-4,6-7,10,12H,5,8-9,11H2,1-2H3,(H,22,26). The number of alkyl halides is 3. The minimum Gasteiger partial charge on any atom is -0.344 e. The number of amides is 1. The Bertz CT molecular complexity index is 800. The topological polar surface area (TPSA) is 50.2 Å². The number of aryl methyl sites for hydroxylation is 1. The first-order valence-electron chi connectivity index (χ1n) is 8.48. The average Bonchev–Trinajstić information content (AvgIpc) is 2.88. The predicted molar refractivity (Wildman–Crippen MR) is 90.5 cm³/mol. The number of hydrogen-bond donors (Lipinski definition) is 1. The van der Waals surface area contributed by atoms with Crippen LogP contribution in [0.5, 0.6) is 0 Å². The number of carbonyl (C=O) groups excluding carboxylic acids is 1. The molecule has 0 spiro atoms. The SMILES string of the molecule is CC(NC(=O)c1cc2n(n1)CCCN(C)C2)c1ccccc1C(F)(F)F. The van der Waals surface area contributed by atoms with E-state index in [0.717, 1.165) is 31.3 Å². The number of hydrogen-bond acceptors (Lipinski definition) is 3. The van der Waals surface area contributed by atoms with E-state index in [1.54, 1.807) is 10.7 Å². The van der Waals surface area contributed by atoms with E-state index in [0.29, 0.717) is 6.54 Å². The van der Waals surface area contributed by atoms with Crippen LogP contribution in [0.2, 0.25) is 0 Å². The Hall–Kier alpha value is -2.35. The molecule has 1 unspecified atom stereocenters. The zero-order valence-electron chi connectivity index (χ0n) is 14.7. The van der Waals surface area contributed by atoms with Gasteiger partial charge in [-0.05, 0) is 38.1 Å². The molecule has 2 aromatic rings. The molecule has 5 nitrogen and oxygen atoms in total. The van der Waals surface area contributed by atoms with Crippen molar-refractivity contribution >= 4 is 5.91 Å². The number of nitrogens with zero attached hydrogens (tertiary/aromatic N) is 3. The van der Waals surface area contributed by atoms with Crippen LogP contribution in [0.25, 0.3) is 0 Å². The molecule has 0 fully saturated rings. The Morgan fingerprint density at radius 2 is 2.00 bits per heavy atom. The van der Waals surface area contributed by atoms with Crippen LogP contribution in [0.1, 0.15) is 46.7 Å². The summed E-state index contributed by atoms with van der Waals surface area (Å²) in [5.74, 6) is -0.474. The number of carbonyl (C=O) groups is 1. The van der Waals surface area contributed by atoms with E-state index < -0.39 is 23.7 Å². The molecule has 1 atom stereocenters. The Balaban J connectivity index is 1.78. The molecule has 1 aromatic heterocycles. The van der Waals surface area contributed by atoms with Crippen LogP contribution >= 0.6 is 0 Å². The fraction of sp³-hybridized carbons (Fsp3) is 0.444. The highest BCUT2D eigenvalue weighted by molar-refractivity contribution is 5.92. The maximum Gasteiger partial charge on any atom is 0.416 e. The van der Waals surface area contributed by atoms with Crippen LogP contribution in [0.15, 0.2) is 30.3 Å². The van der Waals surface area contributed by atoms with Crippen LogP contribution in [-0.2, 0) is 19.3 Å². The quantitative estimate of drug-likeness (QED) is 0.907. The van der Waals surface area contributed by atoms with Crippen molar-refractivity contribution in [2.75, 3.05) is 13.6 Å². The second kappa shape index (κ2) is 7.11. The second-order valence-electron chi connectivity index (χ2n) is 6.62. The smallest absolute Gasteiger partial charge is 0.344 e. The van der Waals surface area contributed by atoms with E-state index in [9.17, 15) is 18.0 Å². The Labute approximate surface area is 149 Å². The van der Waals surface area contributed by atoms with Crippen LogP contribution in [0, 0.1) is 0 Å². The van der Waals surface area contributed by atoms with Crippen molar-refractivity contribution in [3.8, 4) is 0 Å². The number of fused-ring (bicyclic) bond motifs is 1. The molecule has 0 aliphatic carbocycles. The molecule has 1 aliphatic heterocycles. The lowest BCUT2D eigenvalue weighted by molar-refractivity contribution is -0.138. The number of nitrogens with one attached hydrogen (secondary N) is 1. The van der Waals surface area contributed by atoms with E-state index in [4.69, 9.17) is 0 Å². The highest BCUT2D eigenvalue weighted by Gasteiger charge is 2.34. The third kappa shape index (κ3) is 3.90. The van der Waals surface area contributed by atoms with Gasteiger partial charge < -0.3 is 10.2 Å². The first kappa shape index (κ1) is 18.4. The molecular formula is C18H21F3N4O. The van der Waals surface area contributed by atoms with Crippen molar-refractivity contribution < 1.29 is 18.0 Å². The summed E-state index contributed by atoms with van der Waals surface area (Å²) in [6, 6.07) is 6.19. The van der Waals surface area contributed by atoms with Gasteiger partial charge in [0.1, 0.15) is 0 Å². The van der Waals surface area contributed by atoms with Crippen LogP contribution in [0.3, 0.4) is 0 Å². The van der Waals surface area contributed by atoms with Gasteiger partial charge in [0.15, 0.2) is 5.69 Å². The van der Waals surface area contributed by atoms with Gasteiger partial charge in [0.25, 0.3) is 5.91 Å². The van der Waals surface area contributed by atoms with Crippen molar-refractivity contribution in [2.45, 2.75) is 38.7 Å². The van der Waals surface area contributed by atoms with Gasteiger partial charge >= 0.3 is 6.18 Å². The summed E-state index contributed by atoms with van der Waals surface area (Å²) in [6.07, 6.45) is -3.53. The van der Waals surface area contributed by atoms with Crippen molar-refractivity contribution in [3.05, 3.63) is 52.8 Å². The molecule has 1 N–H and O–H groups in total. The predicted octanol–water partition coefficient (Wildman–Crippen LogP) is 3.23. The average molecular weight is 366 g/mol. The fourth-order valence-corrected chi connectivity index (χ4v) is 3.21. The second-order valence-corrected chi connectivity index (χ2v) is 6.62. The zero-order valence-corrected chi connectivity index (χ0v) is 14.7. The molecule has 8 heteroatoms. The summed E-state index contributed by atoms with van der Waals surface area (Å²) in [6.45, 7) is 3.90. The van der Waals surface area contributed by atoms with Crippen molar-refractivity contribution in [1.29, 1.82) is 0 Å². The summed E-state index contributed by atoms with van der Waals surface area (Å²) in [7, 11) is 2.00. The van der Waals surface area contributed by atoms with Gasteiger partial charge in [0.05, 0.1) is 17.3 Å². The maximum absolute atomic E-state index is 13.2. The molecule has 0 bridgehead atoms. The van der Waals surface area contributed by atoms with Gasteiger partial charge in [-0.25, -0.2) is 0 Å². The first-order chi connectivity index (χ1) is 12.3. The lowest BCUT2D eigenvalue weighted by atomic mass is 10.0. The van der Waals surface area contributed by atoms with E-state index in [-0.39, 0.29) is 11.3 Å². The summed E-state index contributed by atoms with van der Waals surface area (Å²) >= 11 is 0. The van der Waals surface area contributed by atoms with Gasteiger partial charge in [-0.1, -0.05) is 18.2 Å². The lowest BCUT2D eigenvalue weighted by Gasteiger charge is -2.19. The number of rotatable bonds is 3. The van der Waals surface area contributed by atoms with E-state index in [1.165, 1.54) is 25.1 Å². The molecule has 0 saturated carbocycles. The molecule has 3 rings (SSSR count). The largest absolute Gasteiger partial charge is 0.416 e. The van der Waals surface area contributed by atoms with Crippen LogP contribution < -0.4 is 5.32 Å². The highest BCUT2D eigenvalue weighted by Crippen LogP contribution is 2.34. The fourth-order valence-electron chi connectivity index (χ4n) is 3.21. The summed E-state index contributed by atoms with van der Waals surface area (Å²) in [5.41, 5.74) is 0.453. The van der Waals surface area contributed by atoms with Crippen molar-refractivity contribution in [2.24, 2.45) is 0 Å². The molecule has 1 aromatic carbocycles. The number of benzene rings is 1. The Kier molecular flexibility index (Phi) is 5.04. The van der Waals surface area contributed by atoms with E-state index in [1.807, 2.05) is 7.05 Å². The number of halogens is 3. The van der Waals surface area contributed by atoms with Crippen LogP contribution in [0.4, 0.5) is 13.2 Å². The van der Waals surface area contributed by atoms with Gasteiger partial charge in [-0.15, -0.1) is 0 Å². The third-order valence-electron chi connectivity index (χ3n) is 4.52. The Morgan fingerprint density at radius 3 is 2.73 bits per heavy atom. The molecule has 2 heterocycles. The molecule has 140 valence electrons. The molecule has 26 heavy (non-hydrogen) atoms. The zero-order chi connectivity index (χ0) is 18.9. The molecule has 0 saturated heterocycles. The highest BCUT2D eigenvalue weighted by atomic mass is 19.4. The molecule has 1 amide bonds. The minimum atomic E-state index is -4.47. The van der Waals surface area contributed by atoms with Crippen LogP contribution in [-0.4, -0.2) is 34.2 Å². The van der Waals surface area contributed by atoms with Gasteiger partial charge in [-0.3, -0.25) is 9.48 Å². The monoisotopic (exact) mass is 366 g/mol.